The van der Waals surface area contributed by atoms with Crippen LogP contribution in [-0.4, -0.2) is 22.4 Å². The average Bonchev–Trinajstić information content (AvgIpc) is 2.90. The van der Waals surface area contributed by atoms with E-state index in [9.17, 15) is 10.2 Å². The number of fused-ring (bicyclic) bond motifs is 1. The Hall–Kier alpha value is -0.600. The second-order valence-corrected chi connectivity index (χ2v) is 6.95. The van der Waals surface area contributed by atoms with Crippen LogP contribution in [0.1, 0.15) is 58.8 Å². The van der Waals surface area contributed by atoms with Crippen LogP contribution >= 0.6 is 0 Å². The summed E-state index contributed by atoms with van der Waals surface area (Å²) in [6.07, 6.45) is 15.4. The van der Waals surface area contributed by atoms with E-state index in [1.54, 1.807) is 0 Å². The lowest BCUT2D eigenvalue weighted by molar-refractivity contribution is 0.172. The molecule has 5 atom stereocenters. The van der Waals surface area contributed by atoms with Gasteiger partial charge in [-0.05, 0) is 37.5 Å². The fraction of sp³-hybridized carbons (Fsp3) is 0.778. The molecule has 0 saturated heterocycles. The first-order valence-electron chi connectivity index (χ1n) is 8.29. The minimum atomic E-state index is -0.344. The number of hydrogen-bond acceptors (Lipinski definition) is 2. The largest absolute Gasteiger partial charge is 0.393 e. The fourth-order valence-electron chi connectivity index (χ4n) is 3.89. The molecule has 0 aliphatic heterocycles. The van der Waals surface area contributed by atoms with E-state index < -0.39 is 0 Å². The minimum absolute atomic E-state index is 0.0209. The highest BCUT2D eigenvalue weighted by atomic mass is 16.3. The number of aliphatic hydroxyl groups is 2. The van der Waals surface area contributed by atoms with Gasteiger partial charge in [0.05, 0.1) is 12.2 Å². The Kier molecular flexibility index (Phi) is 5.45. The smallest absolute Gasteiger partial charge is 0.0723 e. The van der Waals surface area contributed by atoms with Crippen LogP contribution in [0.3, 0.4) is 0 Å². The van der Waals surface area contributed by atoms with E-state index in [2.05, 4.69) is 32.1 Å². The van der Waals surface area contributed by atoms with Crippen LogP contribution in [0.25, 0.3) is 0 Å². The second-order valence-electron chi connectivity index (χ2n) is 6.95. The molecule has 2 N–H and O–H groups in total. The third kappa shape index (κ3) is 3.73. The summed E-state index contributed by atoms with van der Waals surface area (Å²) in [5, 5.41) is 20.1. The van der Waals surface area contributed by atoms with Crippen molar-refractivity contribution in [1.82, 2.24) is 0 Å². The van der Waals surface area contributed by atoms with Crippen molar-refractivity contribution >= 4 is 0 Å². The molecular formula is C18H30O2. The molecule has 20 heavy (non-hydrogen) atoms. The van der Waals surface area contributed by atoms with Gasteiger partial charge in [0.1, 0.15) is 0 Å². The molecule has 1 fully saturated rings. The summed E-state index contributed by atoms with van der Waals surface area (Å²) in [6.45, 7) is 4.43. The Morgan fingerprint density at radius 2 is 2.25 bits per heavy atom. The molecule has 2 nitrogen and oxygen atoms in total. The average molecular weight is 278 g/mol. The van der Waals surface area contributed by atoms with E-state index in [0.29, 0.717) is 11.8 Å². The Balaban J connectivity index is 1.87. The first-order valence-corrected chi connectivity index (χ1v) is 8.29. The van der Waals surface area contributed by atoms with Crippen molar-refractivity contribution in [1.29, 1.82) is 0 Å². The molecule has 0 bridgehead atoms. The summed E-state index contributed by atoms with van der Waals surface area (Å²) < 4.78 is 0. The van der Waals surface area contributed by atoms with E-state index >= 15 is 0 Å². The standard InChI is InChI=1S/C18H30O2/c1-3-4-6-14(2)11-16(19)8-10-18-9-5-7-15(18)12-17(20)13-18/h5,8-10,14-17,19-20H,3-4,6-7,11-13H2,1-2H3/b10-8+/t14-,15?,16+,17?,18?/m0/s1. The van der Waals surface area contributed by atoms with Crippen molar-refractivity contribution in [2.75, 3.05) is 0 Å². The number of aliphatic hydroxyl groups excluding tert-OH is 2. The number of unbranched alkanes of at least 4 members (excludes halogenated alkanes) is 1. The summed E-state index contributed by atoms with van der Waals surface area (Å²) in [5.41, 5.74) is 0.0209. The lowest BCUT2D eigenvalue weighted by atomic mass is 9.80. The Morgan fingerprint density at radius 1 is 1.45 bits per heavy atom. The molecule has 0 aromatic rings. The molecule has 0 heterocycles. The zero-order valence-electron chi connectivity index (χ0n) is 13.0. The van der Waals surface area contributed by atoms with Crippen LogP contribution < -0.4 is 0 Å². The van der Waals surface area contributed by atoms with Gasteiger partial charge >= 0.3 is 0 Å². The quantitative estimate of drug-likeness (QED) is 0.695. The molecule has 0 aromatic carbocycles. The van der Waals surface area contributed by atoms with Gasteiger partial charge in [0, 0.05) is 5.41 Å². The monoisotopic (exact) mass is 278 g/mol. The predicted molar refractivity (Wildman–Crippen MR) is 83.4 cm³/mol. The lowest BCUT2D eigenvalue weighted by Gasteiger charge is -2.24. The molecule has 0 amide bonds. The van der Waals surface area contributed by atoms with Gasteiger partial charge in [-0.2, -0.15) is 0 Å². The molecule has 0 spiro atoms. The van der Waals surface area contributed by atoms with Crippen molar-refractivity contribution < 1.29 is 10.2 Å². The predicted octanol–water partition coefficient (Wildman–Crippen LogP) is 3.84. The van der Waals surface area contributed by atoms with Gasteiger partial charge in [-0.1, -0.05) is 57.4 Å². The maximum atomic E-state index is 10.2. The molecule has 0 radical (unpaired) electrons. The Morgan fingerprint density at radius 3 is 3.00 bits per heavy atom. The topological polar surface area (TPSA) is 40.5 Å². The molecule has 1 saturated carbocycles. The number of rotatable bonds is 7. The summed E-state index contributed by atoms with van der Waals surface area (Å²) in [5.74, 6) is 1.12. The van der Waals surface area contributed by atoms with Gasteiger partial charge in [-0.25, -0.2) is 0 Å². The second kappa shape index (κ2) is 6.91. The maximum absolute atomic E-state index is 10.2. The minimum Gasteiger partial charge on any atom is -0.393 e. The van der Waals surface area contributed by atoms with E-state index in [-0.39, 0.29) is 17.6 Å². The van der Waals surface area contributed by atoms with Gasteiger partial charge < -0.3 is 10.2 Å². The molecule has 2 aliphatic carbocycles. The first-order chi connectivity index (χ1) is 9.55. The lowest BCUT2D eigenvalue weighted by Crippen LogP contribution is -2.18. The molecule has 3 unspecified atom stereocenters. The summed E-state index contributed by atoms with van der Waals surface area (Å²) >= 11 is 0. The highest BCUT2D eigenvalue weighted by Gasteiger charge is 2.45. The third-order valence-corrected chi connectivity index (χ3v) is 5.08. The van der Waals surface area contributed by atoms with Crippen LogP contribution in [0.5, 0.6) is 0 Å². The molecule has 114 valence electrons. The van der Waals surface area contributed by atoms with Gasteiger partial charge in [0.15, 0.2) is 0 Å². The normalized spacial score (nSPS) is 35.6. The van der Waals surface area contributed by atoms with E-state index in [1.807, 2.05) is 6.08 Å². The van der Waals surface area contributed by atoms with Crippen molar-refractivity contribution in [2.45, 2.75) is 71.0 Å². The molecule has 0 aromatic heterocycles. The number of allylic oxidation sites excluding steroid dienone is 3. The Labute approximate surface area is 123 Å². The van der Waals surface area contributed by atoms with Crippen LogP contribution in [-0.2, 0) is 0 Å². The summed E-state index contributed by atoms with van der Waals surface area (Å²) in [7, 11) is 0. The fourth-order valence-corrected chi connectivity index (χ4v) is 3.89. The zero-order valence-corrected chi connectivity index (χ0v) is 13.0. The highest BCUT2D eigenvalue weighted by Crippen LogP contribution is 2.51. The van der Waals surface area contributed by atoms with Crippen molar-refractivity contribution in [3.63, 3.8) is 0 Å². The first kappa shape index (κ1) is 15.8. The van der Waals surface area contributed by atoms with E-state index in [4.69, 9.17) is 0 Å². The number of hydrogen-bond donors (Lipinski definition) is 2. The SMILES string of the molecule is CCCC[C@H](C)C[C@H](O)/C=C/C12C=CCC1CC(O)C2. The Bertz CT molecular complexity index is 360. The van der Waals surface area contributed by atoms with Crippen LogP contribution in [0.4, 0.5) is 0 Å². The molecular weight excluding hydrogens is 248 g/mol. The maximum Gasteiger partial charge on any atom is 0.0723 e. The third-order valence-electron chi connectivity index (χ3n) is 5.08. The molecule has 2 rings (SSSR count). The zero-order chi connectivity index (χ0) is 14.6. The highest BCUT2D eigenvalue weighted by molar-refractivity contribution is 5.24. The molecule has 2 heteroatoms. The van der Waals surface area contributed by atoms with Crippen molar-refractivity contribution in [3.05, 3.63) is 24.3 Å². The van der Waals surface area contributed by atoms with Crippen molar-refractivity contribution in [3.8, 4) is 0 Å². The van der Waals surface area contributed by atoms with Crippen LogP contribution in [0, 0.1) is 17.3 Å². The van der Waals surface area contributed by atoms with E-state index in [0.717, 1.165) is 25.7 Å². The molecule has 2 aliphatic rings. The van der Waals surface area contributed by atoms with Crippen LogP contribution in [0.15, 0.2) is 24.3 Å². The summed E-state index contributed by atoms with van der Waals surface area (Å²) in [4.78, 5) is 0. The van der Waals surface area contributed by atoms with Gasteiger partial charge in [0.25, 0.3) is 0 Å². The van der Waals surface area contributed by atoms with E-state index in [1.165, 1.54) is 19.3 Å². The van der Waals surface area contributed by atoms with Gasteiger partial charge in [-0.15, -0.1) is 0 Å². The van der Waals surface area contributed by atoms with Gasteiger partial charge in [-0.3, -0.25) is 0 Å². The summed E-state index contributed by atoms with van der Waals surface area (Å²) in [6, 6.07) is 0. The van der Waals surface area contributed by atoms with Crippen molar-refractivity contribution in [2.24, 2.45) is 17.3 Å². The van der Waals surface area contributed by atoms with Gasteiger partial charge in [0.2, 0.25) is 0 Å². The van der Waals surface area contributed by atoms with Crippen LogP contribution in [0.2, 0.25) is 0 Å².